The second kappa shape index (κ2) is 7.96. The molecule has 2 fully saturated rings. The van der Waals surface area contributed by atoms with Crippen LogP contribution in [-0.4, -0.2) is 43.9 Å². The minimum atomic E-state index is -3.96. The summed E-state index contributed by atoms with van der Waals surface area (Å²) in [5.41, 5.74) is 0.350. The lowest BCUT2D eigenvalue weighted by atomic mass is 9.99. The third-order valence-corrected chi connectivity index (χ3v) is 7.82. The Labute approximate surface area is 173 Å². The van der Waals surface area contributed by atoms with Crippen LogP contribution in [0.1, 0.15) is 36.0 Å². The van der Waals surface area contributed by atoms with E-state index in [1.165, 1.54) is 41.7 Å². The number of carbonyl (C=O) groups is 1. The van der Waals surface area contributed by atoms with Gasteiger partial charge in [0, 0.05) is 23.7 Å². The van der Waals surface area contributed by atoms with Crippen LogP contribution in [0, 0.1) is 11.6 Å². The van der Waals surface area contributed by atoms with Gasteiger partial charge >= 0.3 is 0 Å². The van der Waals surface area contributed by atoms with Crippen molar-refractivity contribution in [3.05, 3.63) is 59.7 Å². The zero-order valence-corrected chi connectivity index (χ0v) is 17.2. The molecule has 2 saturated heterocycles. The average molecular weight is 436 g/mol. The molecule has 0 aromatic heterocycles. The van der Waals surface area contributed by atoms with Gasteiger partial charge in [-0.05, 0) is 68.1 Å². The van der Waals surface area contributed by atoms with Crippen molar-refractivity contribution in [3.63, 3.8) is 0 Å². The number of piperidine rings is 1. The monoisotopic (exact) mass is 436 g/mol. The number of nitrogens with zero attached hydrogens (tertiary/aromatic N) is 1. The summed E-state index contributed by atoms with van der Waals surface area (Å²) in [7, 11) is -2.61. The number of methoxy groups -OCH3 is 1. The summed E-state index contributed by atoms with van der Waals surface area (Å²) in [4.78, 5) is 12.3. The molecule has 2 aromatic carbocycles. The molecule has 0 saturated carbocycles. The number of carbonyl (C=O) groups excluding carboxylic acids is 1. The van der Waals surface area contributed by atoms with Gasteiger partial charge in [0.05, 0.1) is 7.11 Å². The number of nitrogens with one attached hydrogen (secondary N) is 1. The van der Waals surface area contributed by atoms with Crippen LogP contribution in [0.5, 0.6) is 5.75 Å². The van der Waals surface area contributed by atoms with E-state index in [0.29, 0.717) is 31.2 Å². The lowest BCUT2D eigenvalue weighted by Crippen LogP contribution is -2.52. The Morgan fingerprint density at radius 3 is 2.23 bits per heavy atom. The highest BCUT2D eigenvalue weighted by Crippen LogP contribution is 2.41. The summed E-state index contributed by atoms with van der Waals surface area (Å²) in [5.74, 6) is -1.29. The molecule has 6 nitrogen and oxygen atoms in total. The van der Waals surface area contributed by atoms with Crippen molar-refractivity contribution in [2.75, 3.05) is 7.11 Å². The number of hydrogen-bond acceptors (Lipinski definition) is 4. The third kappa shape index (κ3) is 3.79. The summed E-state index contributed by atoms with van der Waals surface area (Å²) in [6, 6.07) is 7.94. The molecule has 2 aromatic rings. The van der Waals surface area contributed by atoms with Crippen LogP contribution in [0.25, 0.3) is 0 Å². The Morgan fingerprint density at radius 2 is 1.63 bits per heavy atom. The number of rotatable bonds is 5. The highest BCUT2D eigenvalue weighted by molar-refractivity contribution is 7.89. The van der Waals surface area contributed by atoms with Gasteiger partial charge in [-0.3, -0.25) is 4.79 Å². The Bertz CT molecular complexity index is 1050. The second-order valence-electron chi connectivity index (χ2n) is 7.66. The maximum atomic E-state index is 13.8. The number of ether oxygens (including phenoxy) is 1. The van der Waals surface area contributed by atoms with Gasteiger partial charge in [-0.25, -0.2) is 17.2 Å². The smallest absolute Gasteiger partial charge is 0.251 e. The predicted octanol–water partition coefficient (Wildman–Crippen LogP) is 3.09. The van der Waals surface area contributed by atoms with Gasteiger partial charge < -0.3 is 10.1 Å². The van der Waals surface area contributed by atoms with Crippen LogP contribution in [0.15, 0.2) is 47.4 Å². The van der Waals surface area contributed by atoms with E-state index in [1.54, 1.807) is 0 Å². The van der Waals surface area contributed by atoms with Gasteiger partial charge in [0.25, 0.3) is 5.91 Å². The summed E-state index contributed by atoms with van der Waals surface area (Å²) >= 11 is 0. The number of halogens is 2. The standard InChI is InChI=1S/C21H22F2N2O4S/c1-29-19-9-6-15(23)10-20(19)30(27,28)25-17-7-8-18(25)12-16(11-17)24-21(26)13-2-4-14(22)5-3-13/h2-6,9-10,16-18H,7-8,11-12H2,1H3,(H,24,26)/t16?,17-,18+. The first-order valence-electron chi connectivity index (χ1n) is 9.73. The van der Waals surface area contributed by atoms with Crippen molar-refractivity contribution in [2.24, 2.45) is 0 Å². The molecule has 1 unspecified atom stereocenters. The van der Waals surface area contributed by atoms with Crippen molar-refractivity contribution < 1.29 is 26.7 Å². The van der Waals surface area contributed by atoms with Crippen LogP contribution < -0.4 is 10.1 Å². The van der Waals surface area contributed by atoms with Crippen LogP contribution in [0.2, 0.25) is 0 Å². The van der Waals surface area contributed by atoms with Crippen molar-refractivity contribution in [1.29, 1.82) is 0 Å². The largest absolute Gasteiger partial charge is 0.495 e. The fraction of sp³-hybridized carbons (Fsp3) is 0.381. The molecule has 9 heteroatoms. The van der Waals surface area contributed by atoms with Gasteiger partial charge in [-0.2, -0.15) is 4.31 Å². The topological polar surface area (TPSA) is 75.7 Å². The van der Waals surface area contributed by atoms with Crippen molar-refractivity contribution in [3.8, 4) is 5.75 Å². The molecular weight excluding hydrogens is 414 g/mol. The van der Waals surface area contributed by atoms with E-state index in [4.69, 9.17) is 4.74 Å². The molecule has 30 heavy (non-hydrogen) atoms. The van der Waals surface area contributed by atoms with Gasteiger partial charge in [-0.1, -0.05) is 0 Å². The summed E-state index contributed by atoms with van der Waals surface area (Å²) < 4.78 is 60.1. The van der Waals surface area contributed by atoms with Crippen molar-refractivity contribution >= 4 is 15.9 Å². The van der Waals surface area contributed by atoms with E-state index in [9.17, 15) is 22.0 Å². The normalized spacial score (nSPS) is 23.9. The molecule has 1 amide bonds. The Morgan fingerprint density at radius 1 is 1.03 bits per heavy atom. The number of amides is 1. The van der Waals surface area contributed by atoms with Crippen molar-refractivity contribution in [2.45, 2.75) is 48.7 Å². The molecule has 2 aliphatic rings. The molecule has 3 atom stereocenters. The maximum Gasteiger partial charge on any atom is 0.251 e. The SMILES string of the molecule is COc1ccc(F)cc1S(=O)(=O)N1[C@@H]2CC[C@H]1CC(NC(=O)c1ccc(F)cc1)C2. The van der Waals surface area contributed by atoms with E-state index < -0.39 is 21.7 Å². The van der Waals surface area contributed by atoms with Crippen LogP contribution >= 0.6 is 0 Å². The first kappa shape index (κ1) is 20.7. The molecule has 2 heterocycles. The first-order valence-corrected chi connectivity index (χ1v) is 11.2. The van der Waals surface area contributed by atoms with Crippen LogP contribution in [-0.2, 0) is 10.0 Å². The minimum Gasteiger partial charge on any atom is -0.495 e. The number of hydrogen-bond donors (Lipinski definition) is 1. The molecule has 2 bridgehead atoms. The van der Waals surface area contributed by atoms with Gasteiger partial charge in [0.1, 0.15) is 22.3 Å². The Hall–Kier alpha value is -2.52. The summed E-state index contributed by atoms with van der Waals surface area (Å²) in [6.07, 6.45) is 2.26. The predicted molar refractivity (Wildman–Crippen MR) is 106 cm³/mol. The third-order valence-electron chi connectivity index (χ3n) is 5.79. The number of sulfonamides is 1. The molecule has 4 rings (SSSR count). The Kier molecular flexibility index (Phi) is 5.50. The number of fused-ring (bicyclic) bond motifs is 2. The molecule has 1 N–H and O–H groups in total. The lowest BCUT2D eigenvalue weighted by molar-refractivity contribution is 0.0909. The second-order valence-corrected chi connectivity index (χ2v) is 9.48. The highest BCUT2D eigenvalue weighted by atomic mass is 32.2. The molecule has 0 spiro atoms. The van der Waals surface area contributed by atoms with Gasteiger partial charge in [0.2, 0.25) is 10.0 Å². The fourth-order valence-electron chi connectivity index (χ4n) is 4.48. The summed E-state index contributed by atoms with van der Waals surface area (Å²) in [6.45, 7) is 0. The van der Waals surface area contributed by atoms with E-state index in [-0.39, 0.29) is 34.7 Å². The summed E-state index contributed by atoms with van der Waals surface area (Å²) in [5, 5.41) is 2.93. The average Bonchev–Trinajstić information content (AvgIpc) is 3.00. The minimum absolute atomic E-state index is 0.0996. The molecule has 160 valence electrons. The Balaban J connectivity index is 1.52. The first-order chi connectivity index (χ1) is 14.3. The van der Waals surface area contributed by atoms with Gasteiger partial charge in [0.15, 0.2) is 0 Å². The molecule has 0 radical (unpaired) electrons. The zero-order chi connectivity index (χ0) is 21.5. The van der Waals surface area contributed by atoms with Crippen molar-refractivity contribution in [1.82, 2.24) is 9.62 Å². The highest BCUT2D eigenvalue weighted by Gasteiger charge is 2.48. The molecule has 2 aliphatic heterocycles. The van der Waals surface area contributed by atoms with Gasteiger partial charge in [-0.15, -0.1) is 0 Å². The lowest BCUT2D eigenvalue weighted by Gasteiger charge is -2.38. The molecule has 0 aliphatic carbocycles. The zero-order valence-electron chi connectivity index (χ0n) is 16.3. The van der Waals surface area contributed by atoms with Crippen LogP contribution in [0.4, 0.5) is 8.78 Å². The van der Waals surface area contributed by atoms with Crippen LogP contribution in [0.3, 0.4) is 0 Å². The fourth-order valence-corrected chi connectivity index (χ4v) is 6.54. The van der Waals surface area contributed by atoms with E-state index in [2.05, 4.69) is 5.32 Å². The quantitative estimate of drug-likeness (QED) is 0.782. The number of benzene rings is 2. The van der Waals surface area contributed by atoms with E-state index in [0.717, 1.165) is 12.1 Å². The van der Waals surface area contributed by atoms with E-state index in [1.807, 2.05) is 0 Å². The maximum absolute atomic E-state index is 13.8. The van der Waals surface area contributed by atoms with E-state index >= 15 is 0 Å². The molecular formula is C21H22F2N2O4S.